The number of thiophene rings is 1. The van der Waals surface area contributed by atoms with Crippen LogP contribution in [0, 0.1) is 0 Å². The summed E-state index contributed by atoms with van der Waals surface area (Å²) in [5.74, 6) is -0.0377. The van der Waals surface area contributed by atoms with Gasteiger partial charge in [-0.1, -0.05) is 43.3 Å². The Morgan fingerprint density at radius 1 is 1.13 bits per heavy atom. The minimum atomic E-state index is -3.68. The summed E-state index contributed by atoms with van der Waals surface area (Å²) in [6, 6.07) is 19.2. The number of amides is 1. The molecule has 1 unspecified atom stereocenters. The molecule has 0 bridgehead atoms. The maximum Gasteiger partial charge on any atom is 0.261 e. The number of carbonyl (C=O) groups excluding carboxylic acids is 1. The minimum absolute atomic E-state index is 0.0377. The molecule has 0 aliphatic carbocycles. The van der Waals surface area contributed by atoms with Gasteiger partial charge in [-0.2, -0.15) is 5.10 Å². The van der Waals surface area contributed by atoms with Crippen LogP contribution in [0.2, 0.25) is 0 Å². The lowest BCUT2D eigenvalue weighted by atomic mass is 10.0. The summed E-state index contributed by atoms with van der Waals surface area (Å²) < 4.78 is 27.9. The molecular weight excluding hydrogens is 418 g/mol. The van der Waals surface area contributed by atoms with Crippen molar-refractivity contribution in [3.8, 4) is 0 Å². The van der Waals surface area contributed by atoms with E-state index in [4.69, 9.17) is 0 Å². The van der Waals surface area contributed by atoms with E-state index in [0.29, 0.717) is 18.5 Å². The summed E-state index contributed by atoms with van der Waals surface area (Å²) in [7, 11) is -3.68. The molecule has 1 aliphatic rings. The zero-order valence-electron chi connectivity index (χ0n) is 16.4. The van der Waals surface area contributed by atoms with Gasteiger partial charge in [0, 0.05) is 23.4 Å². The molecule has 2 heterocycles. The first kappa shape index (κ1) is 20.3. The summed E-state index contributed by atoms with van der Waals surface area (Å²) in [5, 5.41) is 8.14. The molecule has 3 aromatic rings. The Hall–Kier alpha value is -2.97. The van der Waals surface area contributed by atoms with Crippen molar-refractivity contribution in [2.45, 2.75) is 30.7 Å². The monoisotopic (exact) mass is 439 g/mol. The van der Waals surface area contributed by atoms with Crippen molar-refractivity contribution in [1.29, 1.82) is 0 Å². The van der Waals surface area contributed by atoms with E-state index < -0.39 is 10.0 Å². The highest BCUT2D eigenvalue weighted by Crippen LogP contribution is 2.35. The Balaban J connectivity index is 1.61. The van der Waals surface area contributed by atoms with Gasteiger partial charge in [-0.05, 0) is 41.3 Å². The van der Waals surface area contributed by atoms with Crippen molar-refractivity contribution < 1.29 is 13.2 Å². The molecule has 154 valence electrons. The molecule has 4 rings (SSSR count). The first-order valence-electron chi connectivity index (χ1n) is 9.59. The second kappa shape index (κ2) is 8.41. The van der Waals surface area contributed by atoms with Crippen LogP contribution in [0.4, 0.5) is 5.69 Å². The van der Waals surface area contributed by atoms with Crippen LogP contribution in [-0.4, -0.2) is 25.0 Å². The zero-order chi connectivity index (χ0) is 21.1. The van der Waals surface area contributed by atoms with Crippen molar-refractivity contribution in [2.75, 3.05) is 4.72 Å². The largest absolute Gasteiger partial charge is 0.280 e. The lowest BCUT2D eigenvalue weighted by Crippen LogP contribution is -2.25. The normalized spacial score (nSPS) is 16.4. The number of benzene rings is 2. The maximum atomic E-state index is 12.6. The summed E-state index contributed by atoms with van der Waals surface area (Å²) in [4.78, 5) is 13.7. The minimum Gasteiger partial charge on any atom is -0.280 e. The highest BCUT2D eigenvalue weighted by molar-refractivity contribution is 7.92. The number of hydrazone groups is 1. The fourth-order valence-corrected chi connectivity index (χ4v) is 5.24. The number of hydrogen-bond acceptors (Lipinski definition) is 5. The van der Waals surface area contributed by atoms with Crippen molar-refractivity contribution in [2.24, 2.45) is 5.10 Å². The van der Waals surface area contributed by atoms with E-state index in [9.17, 15) is 13.2 Å². The van der Waals surface area contributed by atoms with Crippen LogP contribution in [0.3, 0.4) is 0 Å². The third-order valence-corrected chi connectivity index (χ3v) is 7.21. The molecule has 1 aliphatic heterocycles. The van der Waals surface area contributed by atoms with Crippen molar-refractivity contribution in [1.82, 2.24) is 5.01 Å². The Kier molecular flexibility index (Phi) is 5.69. The van der Waals surface area contributed by atoms with Crippen molar-refractivity contribution in [3.05, 3.63) is 82.6 Å². The van der Waals surface area contributed by atoms with Gasteiger partial charge in [-0.15, -0.1) is 11.3 Å². The van der Waals surface area contributed by atoms with Crippen LogP contribution in [0.5, 0.6) is 0 Å². The number of sulfonamides is 1. The Bertz CT molecular complexity index is 1170. The molecule has 30 heavy (non-hydrogen) atoms. The average molecular weight is 440 g/mol. The van der Waals surface area contributed by atoms with Crippen molar-refractivity contribution in [3.63, 3.8) is 0 Å². The lowest BCUT2D eigenvalue weighted by molar-refractivity contribution is -0.132. The zero-order valence-corrected chi connectivity index (χ0v) is 18.0. The van der Waals surface area contributed by atoms with E-state index >= 15 is 0 Å². The molecule has 1 aromatic heterocycles. The summed E-state index contributed by atoms with van der Waals surface area (Å²) in [6.07, 6.45) is 0.955. The number of nitrogens with zero attached hydrogens (tertiary/aromatic N) is 2. The number of rotatable bonds is 6. The molecule has 1 N–H and O–H groups in total. The second-order valence-electron chi connectivity index (χ2n) is 6.87. The van der Waals surface area contributed by atoms with E-state index in [0.717, 1.165) is 16.2 Å². The summed E-state index contributed by atoms with van der Waals surface area (Å²) in [5.41, 5.74) is 2.00. The molecule has 0 fully saturated rings. The molecule has 2 aromatic carbocycles. The van der Waals surface area contributed by atoms with Crippen LogP contribution in [0.25, 0.3) is 0 Å². The van der Waals surface area contributed by atoms with E-state index in [1.165, 1.54) is 0 Å². The molecule has 1 amide bonds. The van der Waals surface area contributed by atoms with Gasteiger partial charge < -0.3 is 0 Å². The van der Waals surface area contributed by atoms with Crippen LogP contribution in [-0.2, 0) is 14.8 Å². The van der Waals surface area contributed by atoms with Gasteiger partial charge in [-0.3, -0.25) is 9.52 Å². The smallest absolute Gasteiger partial charge is 0.261 e. The lowest BCUT2D eigenvalue weighted by Gasteiger charge is -2.19. The Labute approximate surface area is 179 Å². The molecule has 0 saturated heterocycles. The van der Waals surface area contributed by atoms with Crippen LogP contribution >= 0.6 is 11.3 Å². The fourth-order valence-electron chi connectivity index (χ4n) is 3.36. The maximum absolute atomic E-state index is 12.6. The van der Waals surface area contributed by atoms with E-state index in [2.05, 4.69) is 9.82 Å². The predicted octanol–water partition coefficient (Wildman–Crippen LogP) is 4.64. The van der Waals surface area contributed by atoms with Gasteiger partial charge in [0.25, 0.3) is 10.0 Å². The molecular formula is C22H21N3O3S2. The number of nitrogens with one attached hydrogen (secondary N) is 1. The fraction of sp³-hybridized carbons (Fsp3) is 0.182. The first-order chi connectivity index (χ1) is 14.5. The molecule has 0 spiro atoms. The molecule has 8 heteroatoms. The Morgan fingerprint density at radius 2 is 1.93 bits per heavy atom. The number of hydrogen-bond donors (Lipinski definition) is 1. The third kappa shape index (κ3) is 4.15. The highest BCUT2D eigenvalue weighted by atomic mass is 32.2. The average Bonchev–Trinajstić information content (AvgIpc) is 3.43. The SMILES string of the molecule is CCC(=O)N1N=C(c2cccc(NS(=O)(=O)c3ccccc3)c2)CC1c1cccs1. The van der Waals surface area contributed by atoms with Crippen LogP contribution in [0.15, 0.2) is 82.1 Å². The molecule has 0 radical (unpaired) electrons. The standard InChI is InChI=1S/C22H21N3O3S2/c1-2-22(26)25-20(21-12-7-13-29-21)15-19(23-25)16-8-6-9-17(14-16)24-30(27,28)18-10-4-3-5-11-18/h3-14,20,24H,2,15H2,1H3. The summed E-state index contributed by atoms with van der Waals surface area (Å²) in [6.45, 7) is 1.82. The third-order valence-electron chi connectivity index (χ3n) is 4.84. The molecule has 1 atom stereocenters. The number of anilines is 1. The van der Waals surface area contributed by atoms with E-state index in [-0.39, 0.29) is 16.8 Å². The van der Waals surface area contributed by atoms with Gasteiger partial charge in [0.05, 0.1) is 16.6 Å². The predicted molar refractivity (Wildman–Crippen MR) is 119 cm³/mol. The highest BCUT2D eigenvalue weighted by Gasteiger charge is 2.33. The topological polar surface area (TPSA) is 78.8 Å². The molecule has 6 nitrogen and oxygen atoms in total. The van der Waals surface area contributed by atoms with Gasteiger partial charge in [0.2, 0.25) is 5.91 Å². The van der Waals surface area contributed by atoms with Gasteiger partial charge in [0.1, 0.15) is 0 Å². The summed E-state index contributed by atoms with van der Waals surface area (Å²) >= 11 is 1.60. The molecule has 0 saturated carbocycles. The second-order valence-corrected chi connectivity index (χ2v) is 9.53. The first-order valence-corrected chi connectivity index (χ1v) is 12.0. The Morgan fingerprint density at radius 3 is 2.63 bits per heavy atom. The van der Waals surface area contributed by atoms with Gasteiger partial charge in [0.15, 0.2) is 0 Å². The quantitative estimate of drug-likeness (QED) is 0.608. The van der Waals surface area contributed by atoms with Gasteiger partial charge >= 0.3 is 0 Å². The van der Waals surface area contributed by atoms with E-state index in [1.807, 2.05) is 30.5 Å². The van der Waals surface area contributed by atoms with E-state index in [1.54, 1.807) is 64.9 Å². The van der Waals surface area contributed by atoms with Crippen LogP contribution in [0.1, 0.15) is 36.2 Å². The van der Waals surface area contributed by atoms with Crippen LogP contribution < -0.4 is 4.72 Å². The number of carbonyl (C=O) groups is 1. The van der Waals surface area contributed by atoms with Gasteiger partial charge in [-0.25, -0.2) is 13.4 Å². The van der Waals surface area contributed by atoms with Crippen molar-refractivity contribution >= 4 is 38.7 Å².